The molecule has 1 aromatic heterocycles. The second-order valence-electron chi connectivity index (χ2n) is 4.54. The molecule has 0 saturated heterocycles. The molecule has 0 aromatic carbocycles. The molecule has 114 valence electrons. The second kappa shape index (κ2) is 6.75. The molecule has 0 fully saturated rings. The number of hydrogen-bond donors (Lipinski definition) is 0. The molecule has 0 N–H and O–H groups in total. The van der Waals surface area contributed by atoms with Gasteiger partial charge in [-0.05, 0) is 6.92 Å². The number of thioether (sulfide) groups is 1. The average Bonchev–Trinajstić information content (AvgIpc) is 2.94. The summed E-state index contributed by atoms with van der Waals surface area (Å²) in [7, 11) is 1.55. The predicted octanol–water partition coefficient (Wildman–Crippen LogP) is 0.374. The second-order valence-corrected chi connectivity index (χ2v) is 5.60. The van der Waals surface area contributed by atoms with Crippen molar-refractivity contribution in [2.24, 2.45) is 0 Å². The van der Waals surface area contributed by atoms with Crippen molar-refractivity contribution >= 4 is 23.6 Å². The van der Waals surface area contributed by atoms with E-state index in [1.54, 1.807) is 14.0 Å². The van der Waals surface area contributed by atoms with E-state index < -0.39 is 5.91 Å². The fourth-order valence-corrected chi connectivity index (χ4v) is 2.88. The minimum Gasteiger partial charge on any atom is -0.466 e. The number of hydrogen-bond acceptors (Lipinski definition) is 6. The summed E-state index contributed by atoms with van der Waals surface area (Å²) in [5, 5.41) is 0.644. The number of esters is 1. The van der Waals surface area contributed by atoms with Gasteiger partial charge in [0.2, 0.25) is 0 Å². The Hall–Kier alpha value is -1.83. The minimum atomic E-state index is -0.427. The van der Waals surface area contributed by atoms with Gasteiger partial charge in [-0.1, -0.05) is 11.8 Å². The van der Waals surface area contributed by atoms with Crippen LogP contribution in [0.4, 0.5) is 0 Å². The monoisotopic (exact) mass is 311 g/mol. The molecule has 1 aliphatic heterocycles. The molecule has 1 aliphatic rings. The fourth-order valence-electron chi connectivity index (χ4n) is 1.96. The SMILES string of the molecule is CCOC(=O)CCN(C)C(=O)c1cnc2n(c1=O)CCS2. The molecule has 21 heavy (non-hydrogen) atoms. The molecule has 0 bridgehead atoms. The molecule has 2 rings (SSSR count). The highest BCUT2D eigenvalue weighted by Gasteiger charge is 2.22. The topological polar surface area (TPSA) is 81.5 Å². The van der Waals surface area contributed by atoms with Gasteiger partial charge in [0.25, 0.3) is 11.5 Å². The number of carbonyl (C=O) groups is 2. The maximum Gasteiger partial charge on any atom is 0.307 e. The van der Waals surface area contributed by atoms with Gasteiger partial charge in [-0.2, -0.15) is 0 Å². The molecule has 2 heterocycles. The van der Waals surface area contributed by atoms with Crippen molar-refractivity contribution in [2.45, 2.75) is 25.0 Å². The van der Waals surface area contributed by atoms with Gasteiger partial charge >= 0.3 is 5.97 Å². The first-order valence-electron chi connectivity index (χ1n) is 6.68. The Morgan fingerprint density at radius 2 is 2.29 bits per heavy atom. The quantitative estimate of drug-likeness (QED) is 0.577. The van der Waals surface area contributed by atoms with Gasteiger partial charge in [0.15, 0.2) is 5.16 Å². The summed E-state index contributed by atoms with van der Waals surface area (Å²) in [5.41, 5.74) is -0.286. The average molecular weight is 311 g/mol. The number of amides is 1. The first-order chi connectivity index (χ1) is 10.0. The van der Waals surface area contributed by atoms with Crippen LogP contribution in [0.25, 0.3) is 0 Å². The predicted molar refractivity (Wildman–Crippen MR) is 77.4 cm³/mol. The highest BCUT2D eigenvalue weighted by Crippen LogP contribution is 2.20. The van der Waals surface area contributed by atoms with Crippen LogP contribution < -0.4 is 5.56 Å². The smallest absolute Gasteiger partial charge is 0.307 e. The molecule has 0 atom stereocenters. The van der Waals surface area contributed by atoms with E-state index in [2.05, 4.69) is 4.98 Å². The van der Waals surface area contributed by atoms with Crippen LogP contribution in [-0.4, -0.2) is 52.3 Å². The van der Waals surface area contributed by atoms with Gasteiger partial charge in [-0.3, -0.25) is 19.0 Å². The van der Waals surface area contributed by atoms with Gasteiger partial charge in [0.05, 0.1) is 13.0 Å². The molecule has 1 aromatic rings. The van der Waals surface area contributed by atoms with Crippen molar-refractivity contribution in [1.82, 2.24) is 14.5 Å². The van der Waals surface area contributed by atoms with Gasteiger partial charge < -0.3 is 9.64 Å². The number of rotatable bonds is 5. The molecule has 0 radical (unpaired) electrons. The zero-order valence-corrected chi connectivity index (χ0v) is 12.8. The number of carbonyl (C=O) groups excluding carboxylic acids is 2. The van der Waals surface area contributed by atoms with Crippen molar-refractivity contribution in [3.05, 3.63) is 22.1 Å². The van der Waals surface area contributed by atoms with Crippen LogP contribution in [0.3, 0.4) is 0 Å². The van der Waals surface area contributed by atoms with E-state index in [9.17, 15) is 14.4 Å². The molecular weight excluding hydrogens is 294 g/mol. The summed E-state index contributed by atoms with van der Waals surface area (Å²) in [6.07, 6.45) is 1.42. The van der Waals surface area contributed by atoms with E-state index in [1.165, 1.54) is 27.4 Å². The van der Waals surface area contributed by atoms with Crippen molar-refractivity contribution in [2.75, 3.05) is 26.0 Å². The van der Waals surface area contributed by atoms with Crippen molar-refractivity contribution in [3.63, 3.8) is 0 Å². The zero-order valence-electron chi connectivity index (χ0n) is 12.0. The van der Waals surface area contributed by atoms with Crippen LogP contribution in [0.1, 0.15) is 23.7 Å². The summed E-state index contributed by atoms with van der Waals surface area (Å²) in [6.45, 7) is 2.80. The normalized spacial score (nSPS) is 12.9. The van der Waals surface area contributed by atoms with Crippen LogP contribution in [0.5, 0.6) is 0 Å². The Balaban J connectivity index is 2.06. The maximum absolute atomic E-state index is 12.2. The van der Waals surface area contributed by atoms with E-state index in [0.717, 1.165) is 5.75 Å². The van der Waals surface area contributed by atoms with E-state index in [0.29, 0.717) is 18.3 Å². The first kappa shape index (κ1) is 15.6. The maximum atomic E-state index is 12.2. The Bertz CT molecular complexity index is 614. The van der Waals surface area contributed by atoms with Crippen molar-refractivity contribution in [1.29, 1.82) is 0 Å². The highest BCUT2D eigenvalue weighted by atomic mass is 32.2. The standard InChI is InChI=1S/C13H17N3O4S/c1-3-20-10(17)4-5-15(2)11(18)9-8-14-13-16(12(9)19)6-7-21-13/h8H,3-7H2,1-2H3. The lowest BCUT2D eigenvalue weighted by Gasteiger charge is -2.16. The molecule has 7 nitrogen and oxygen atoms in total. The number of fused-ring (bicyclic) bond motifs is 1. The third-order valence-electron chi connectivity index (χ3n) is 3.09. The minimum absolute atomic E-state index is 0.0348. The zero-order chi connectivity index (χ0) is 15.4. The molecule has 0 saturated carbocycles. The van der Waals surface area contributed by atoms with Crippen molar-refractivity contribution in [3.8, 4) is 0 Å². The Labute approximate surface area is 126 Å². The van der Waals surface area contributed by atoms with Gasteiger partial charge in [0, 0.05) is 32.1 Å². The van der Waals surface area contributed by atoms with Gasteiger partial charge in [-0.15, -0.1) is 0 Å². The Kier molecular flexibility index (Phi) is 5.00. The van der Waals surface area contributed by atoms with E-state index in [-0.39, 0.29) is 30.1 Å². The van der Waals surface area contributed by atoms with Crippen LogP contribution >= 0.6 is 11.8 Å². The third kappa shape index (κ3) is 3.44. The number of aromatic nitrogens is 2. The molecule has 1 amide bonds. The summed E-state index contributed by atoms with van der Waals surface area (Å²) < 4.78 is 6.32. The lowest BCUT2D eigenvalue weighted by molar-refractivity contribution is -0.143. The Morgan fingerprint density at radius 3 is 3.00 bits per heavy atom. The van der Waals surface area contributed by atoms with Crippen LogP contribution in [0.2, 0.25) is 0 Å². The number of ether oxygens (including phenoxy) is 1. The molecule has 0 spiro atoms. The Morgan fingerprint density at radius 1 is 1.52 bits per heavy atom. The van der Waals surface area contributed by atoms with Crippen LogP contribution in [-0.2, 0) is 16.1 Å². The summed E-state index contributed by atoms with van der Waals surface area (Å²) in [6, 6.07) is 0. The lowest BCUT2D eigenvalue weighted by Crippen LogP contribution is -2.36. The highest BCUT2D eigenvalue weighted by molar-refractivity contribution is 7.99. The summed E-state index contributed by atoms with van der Waals surface area (Å²) >= 11 is 1.50. The third-order valence-corrected chi connectivity index (χ3v) is 4.06. The largest absolute Gasteiger partial charge is 0.466 e. The molecule has 0 aliphatic carbocycles. The summed E-state index contributed by atoms with van der Waals surface area (Å²) in [5.74, 6) is -0.000158. The summed E-state index contributed by atoms with van der Waals surface area (Å²) in [4.78, 5) is 41.2. The van der Waals surface area contributed by atoms with Crippen LogP contribution in [0, 0.1) is 0 Å². The molecule has 0 unspecified atom stereocenters. The first-order valence-corrected chi connectivity index (χ1v) is 7.67. The van der Waals surface area contributed by atoms with E-state index in [4.69, 9.17) is 4.74 Å². The molecular formula is C13H17N3O4S. The van der Waals surface area contributed by atoms with E-state index >= 15 is 0 Å². The number of nitrogens with zero attached hydrogens (tertiary/aromatic N) is 3. The van der Waals surface area contributed by atoms with E-state index in [1.807, 2.05) is 0 Å². The lowest BCUT2D eigenvalue weighted by atomic mass is 10.2. The van der Waals surface area contributed by atoms with Gasteiger partial charge in [0.1, 0.15) is 5.56 Å². The van der Waals surface area contributed by atoms with Gasteiger partial charge in [-0.25, -0.2) is 4.98 Å². The fraction of sp³-hybridized carbons (Fsp3) is 0.538. The van der Waals surface area contributed by atoms with Crippen molar-refractivity contribution < 1.29 is 14.3 Å². The van der Waals surface area contributed by atoms with Crippen LogP contribution in [0.15, 0.2) is 16.1 Å². The molecule has 8 heteroatoms.